The molecular formula is C28H32ClFN4O4S. The number of nitrogens with zero attached hydrogens (tertiary/aromatic N) is 3. The number of nitrogens with one attached hydrogen (secondary N) is 1. The normalized spacial score (nSPS) is 12.2. The minimum Gasteiger partial charge on any atom is -0.355 e. The molecule has 0 fully saturated rings. The van der Waals surface area contributed by atoms with Crippen molar-refractivity contribution in [2.75, 3.05) is 31.5 Å². The fourth-order valence-corrected chi connectivity index (χ4v) is 5.14. The molecule has 0 bridgehead atoms. The maximum Gasteiger partial charge on any atom is 0.304 e. The van der Waals surface area contributed by atoms with Crippen LogP contribution in [0.1, 0.15) is 18.1 Å². The smallest absolute Gasteiger partial charge is 0.304 e. The second-order valence-corrected chi connectivity index (χ2v) is 11.5. The van der Waals surface area contributed by atoms with E-state index in [1.165, 1.54) is 31.1 Å². The number of carbonyl (C=O) groups is 2. The average Bonchev–Trinajstić information content (AvgIpc) is 2.91. The molecule has 1 N–H and O–H groups in total. The zero-order chi connectivity index (χ0) is 28.6. The Morgan fingerprint density at radius 3 is 2.10 bits per heavy atom. The number of hydrogen-bond donors (Lipinski definition) is 1. The standard InChI is InChI=1S/C28H32ClFN4O4S/c1-4-31-28(36)26(18-21-8-6-5-7-9-21)33(19-22-10-12-23(29)13-11-22)27(35)20-34(39(37,38)32(2)3)25-16-14-24(30)15-17-25/h5-17,26H,4,18-20H2,1-3H3,(H,31,36). The van der Waals surface area contributed by atoms with Crippen LogP contribution in [0.4, 0.5) is 10.1 Å². The van der Waals surface area contributed by atoms with E-state index in [-0.39, 0.29) is 24.6 Å². The summed E-state index contributed by atoms with van der Waals surface area (Å²) >= 11 is 6.05. The van der Waals surface area contributed by atoms with Crippen molar-refractivity contribution in [2.45, 2.75) is 25.9 Å². The van der Waals surface area contributed by atoms with Crippen LogP contribution in [0.3, 0.4) is 0 Å². The monoisotopic (exact) mass is 574 g/mol. The summed E-state index contributed by atoms with van der Waals surface area (Å²) in [5.74, 6) is -1.52. The lowest BCUT2D eigenvalue weighted by atomic mass is 10.0. The van der Waals surface area contributed by atoms with Crippen LogP contribution >= 0.6 is 11.6 Å². The van der Waals surface area contributed by atoms with Gasteiger partial charge < -0.3 is 10.2 Å². The molecular weight excluding hydrogens is 543 g/mol. The summed E-state index contributed by atoms with van der Waals surface area (Å²) in [7, 11) is -1.46. The van der Waals surface area contributed by atoms with E-state index in [0.29, 0.717) is 17.1 Å². The number of likely N-dealkylation sites (N-methyl/N-ethyl adjacent to an activating group) is 1. The van der Waals surface area contributed by atoms with Gasteiger partial charge >= 0.3 is 10.2 Å². The van der Waals surface area contributed by atoms with Gasteiger partial charge in [0.1, 0.15) is 18.4 Å². The van der Waals surface area contributed by atoms with Crippen molar-refractivity contribution in [3.05, 3.63) is 101 Å². The molecule has 0 aliphatic heterocycles. The Morgan fingerprint density at radius 1 is 0.923 bits per heavy atom. The predicted molar refractivity (Wildman–Crippen MR) is 151 cm³/mol. The van der Waals surface area contributed by atoms with Crippen LogP contribution in [0, 0.1) is 5.82 Å². The second-order valence-electron chi connectivity index (χ2n) is 9.02. The fourth-order valence-electron chi connectivity index (χ4n) is 3.96. The van der Waals surface area contributed by atoms with Gasteiger partial charge in [0.05, 0.1) is 5.69 Å². The maximum atomic E-state index is 14.0. The van der Waals surface area contributed by atoms with Crippen molar-refractivity contribution < 1.29 is 22.4 Å². The van der Waals surface area contributed by atoms with Crippen LogP contribution in [0.15, 0.2) is 78.9 Å². The van der Waals surface area contributed by atoms with Gasteiger partial charge in [-0.25, -0.2) is 8.70 Å². The lowest BCUT2D eigenvalue weighted by molar-refractivity contribution is -0.140. The number of anilines is 1. The van der Waals surface area contributed by atoms with E-state index in [9.17, 15) is 22.4 Å². The summed E-state index contributed by atoms with van der Waals surface area (Å²) < 4.78 is 42.0. The molecule has 3 aromatic rings. The Morgan fingerprint density at radius 2 is 1.54 bits per heavy atom. The van der Waals surface area contributed by atoms with Gasteiger partial charge in [0.2, 0.25) is 11.8 Å². The molecule has 1 atom stereocenters. The fraction of sp³-hybridized carbons (Fsp3) is 0.286. The zero-order valence-electron chi connectivity index (χ0n) is 22.1. The number of benzene rings is 3. The number of amides is 2. The maximum absolute atomic E-state index is 14.0. The largest absolute Gasteiger partial charge is 0.355 e. The van der Waals surface area contributed by atoms with Crippen LogP contribution in [0.2, 0.25) is 5.02 Å². The first kappa shape index (κ1) is 30.1. The highest BCUT2D eigenvalue weighted by atomic mass is 35.5. The molecule has 208 valence electrons. The number of hydrogen-bond acceptors (Lipinski definition) is 4. The van der Waals surface area contributed by atoms with Gasteiger partial charge in [0, 0.05) is 38.6 Å². The highest BCUT2D eigenvalue weighted by Crippen LogP contribution is 2.22. The second kappa shape index (κ2) is 13.5. The minimum atomic E-state index is -4.15. The third-order valence-corrected chi connectivity index (χ3v) is 8.09. The van der Waals surface area contributed by atoms with Gasteiger partial charge in [0.15, 0.2) is 0 Å². The first-order valence-electron chi connectivity index (χ1n) is 12.3. The number of rotatable bonds is 12. The van der Waals surface area contributed by atoms with E-state index in [4.69, 9.17) is 11.6 Å². The average molecular weight is 575 g/mol. The molecule has 11 heteroatoms. The Balaban J connectivity index is 2.06. The Kier molecular flexibility index (Phi) is 10.4. The zero-order valence-corrected chi connectivity index (χ0v) is 23.6. The Labute approximate surface area is 234 Å². The first-order valence-corrected chi connectivity index (χ1v) is 14.1. The quantitative estimate of drug-likeness (QED) is 0.356. The van der Waals surface area contributed by atoms with Crippen molar-refractivity contribution in [3.63, 3.8) is 0 Å². The summed E-state index contributed by atoms with van der Waals surface area (Å²) in [5, 5.41) is 3.31. The van der Waals surface area contributed by atoms with Gasteiger partial charge in [-0.2, -0.15) is 12.7 Å². The molecule has 3 rings (SSSR count). The van der Waals surface area contributed by atoms with Crippen LogP contribution in [0.25, 0.3) is 0 Å². The first-order chi connectivity index (χ1) is 18.5. The third kappa shape index (κ3) is 8.01. The van der Waals surface area contributed by atoms with Gasteiger partial charge in [-0.3, -0.25) is 9.59 Å². The van der Waals surface area contributed by atoms with E-state index in [2.05, 4.69) is 5.32 Å². The van der Waals surface area contributed by atoms with Gasteiger partial charge in [-0.15, -0.1) is 0 Å². The summed E-state index contributed by atoms with van der Waals surface area (Å²) in [6.07, 6.45) is 0.211. The molecule has 0 aliphatic rings. The SMILES string of the molecule is CCNC(=O)C(Cc1ccccc1)N(Cc1ccc(Cl)cc1)C(=O)CN(c1ccc(F)cc1)S(=O)(=O)N(C)C. The third-order valence-electron chi connectivity index (χ3n) is 6.02. The van der Waals surface area contributed by atoms with Crippen LogP contribution in [0.5, 0.6) is 0 Å². The molecule has 0 spiro atoms. The van der Waals surface area contributed by atoms with Crippen molar-refractivity contribution in [1.82, 2.24) is 14.5 Å². The minimum absolute atomic E-state index is 0.0317. The highest BCUT2D eigenvalue weighted by molar-refractivity contribution is 7.90. The molecule has 8 nitrogen and oxygen atoms in total. The van der Waals surface area contributed by atoms with Crippen LogP contribution in [-0.4, -0.2) is 62.7 Å². The van der Waals surface area contributed by atoms with Crippen molar-refractivity contribution in [1.29, 1.82) is 0 Å². The van der Waals surface area contributed by atoms with E-state index < -0.39 is 34.5 Å². The molecule has 0 heterocycles. The van der Waals surface area contributed by atoms with Crippen LogP contribution in [-0.2, 0) is 32.8 Å². The summed E-state index contributed by atoms with van der Waals surface area (Å²) in [5.41, 5.74) is 1.65. The molecule has 39 heavy (non-hydrogen) atoms. The number of carbonyl (C=O) groups excluding carboxylic acids is 2. The lowest BCUT2D eigenvalue weighted by Crippen LogP contribution is -2.54. The molecule has 0 aliphatic carbocycles. The van der Waals surface area contributed by atoms with E-state index in [1.54, 1.807) is 31.2 Å². The summed E-state index contributed by atoms with van der Waals surface area (Å²) in [6, 6.07) is 20.0. The van der Waals surface area contributed by atoms with Gasteiger partial charge in [0.25, 0.3) is 0 Å². The number of halogens is 2. The topological polar surface area (TPSA) is 90.0 Å². The molecule has 3 aromatic carbocycles. The highest BCUT2D eigenvalue weighted by Gasteiger charge is 2.34. The van der Waals surface area contributed by atoms with Gasteiger partial charge in [-0.1, -0.05) is 54.1 Å². The van der Waals surface area contributed by atoms with E-state index >= 15 is 0 Å². The molecule has 0 radical (unpaired) electrons. The summed E-state index contributed by atoms with van der Waals surface area (Å²) in [6.45, 7) is 1.56. The van der Waals surface area contributed by atoms with Crippen molar-refractivity contribution in [3.8, 4) is 0 Å². The van der Waals surface area contributed by atoms with Crippen molar-refractivity contribution in [2.24, 2.45) is 0 Å². The van der Waals surface area contributed by atoms with E-state index in [1.807, 2.05) is 30.3 Å². The molecule has 1 unspecified atom stereocenters. The molecule has 0 saturated heterocycles. The molecule has 0 saturated carbocycles. The van der Waals surface area contributed by atoms with Crippen LogP contribution < -0.4 is 9.62 Å². The van der Waals surface area contributed by atoms with Gasteiger partial charge in [-0.05, 0) is 54.4 Å². The Hall–Kier alpha value is -3.47. The predicted octanol–water partition coefficient (Wildman–Crippen LogP) is 3.87. The lowest BCUT2D eigenvalue weighted by Gasteiger charge is -2.34. The Bertz CT molecular complexity index is 1350. The van der Waals surface area contributed by atoms with Crippen molar-refractivity contribution >= 4 is 39.3 Å². The summed E-state index contributed by atoms with van der Waals surface area (Å²) in [4.78, 5) is 28.7. The molecule has 2 amide bonds. The van der Waals surface area contributed by atoms with E-state index in [0.717, 1.165) is 26.3 Å². The molecule has 0 aromatic heterocycles.